The van der Waals surface area contributed by atoms with Gasteiger partial charge in [-0.3, -0.25) is 4.79 Å². The minimum atomic E-state index is -0.433. The molecular formula is C8H6ClNOS. The molecule has 2 aromatic heterocycles. The predicted octanol–water partition coefficient (Wildman–Crippen LogP) is 2.92. The first-order valence-corrected chi connectivity index (χ1v) is 4.71. The van der Waals surface area contributed by atoms with Crippen molar-refractivity contribution in [2.45, 2.75) is 6.92 Å². The molecule has 2 rings (SSSR count). The molecule has 0 radical (unpaired) electrons. The summed E-state index contributed by atoms with van der Waals surface area (Å²) in [6.07, 6.45) is 0. The average Bonchev–Trinajstić information content (AvgIpc) is 2.53. The number of hydrogen-bond donors (Lipinski definition) is 1. The Balaban J connectivity index is 2.70. The van der Waals surface area contributed by atoms with Gasteiger partial charge in [0.2, 0.25) is 0 Å². The van der Waals surface area contributed by atoms with Crippen molar-refractivity contribution in [3.05, 3.63) is 22.7 Å². The van der Waals surface area contributed by atoms with Crippen LogP contribution in [0.2, 0.25) is 0 Å². The van der Waals surface area contributed by atoms with Crippen LogP contribution in [-0.4, -0.2) is 10.2 Å². The van der Waals surface area contributed by atoms with E-state index < -0.39 is 5.24 Å². The Bertz CT molecular complexity index is 443. The topological polar surface area (TPSA) is 32.9 Å². The largest absolute Gasteiger partial charge is 0.350 e. The standard InChI is InChI=1S/C8H6ClNOS/c1-4-3-12-6-2-5(8(9)11)10-7(4)6/h2-3,10H,1H3. The zero-order chi connectivity index (χ0) is 8.72. The number of carbonyl (C=O) groups is 1. The lowest BCUT2D eigenvalue weighted by Gasteiger charge is -1.84. The lowest BCUT2D eigenvalue weighted by molar-refractivity contribution is 0.107. The molecule has 62 valence electrons. The number of nitrogens with one attached hydrogen (secondary N) is 1. The summed E-state index contributed by atoms with van der Waals surface area (Å²) < 4.78 is 1.08. The van der Waals surface area contributed by atoms with E-state index in [0.29, 0.717) is 5.69 Å². The number of aryl methyl sites for hydroxylation is 1. The molecule has 4 heteroatoms. The molecule has 0 spiro atoms. The maximum absolute atomic E-state index is 10.8. The Kier molecular flexibility index (Phi) is 1.70. The van der Waals surface area contributed by atoms with Gasteiger partial charge in [0.25, 0.3) is 5.24 Å². The van der Waals surface area contributed by atoms with Crippen LogP contribution in [-0.2, 0) is 0 Å². The van der Waals surface area contributed by atoms with Gasteiger partial charge in [0, 0.05) is 0 Å². The normalized spacial score (nSPS) is 10.8. The molecule has 2 aromatic rings. The number of fused-ring (bicyclic) bond motifs is 1. The SMILES string of the molecule is Cc1csc2cc(C(=O)Cl)[nH]c12. The van der Waals surface area contributed by atoms with Gasteiger partial charge in [-0.25, -0.2) is 0 Å². The van der Waals surface area contributed by atoms with Crippen LogP contribution in [0, 0.1) is 6.92 Å². The molecule has 12 heavy (non-hydrogen) atoms. The monoisotopic (exact) mass is 199 g/mol. The van der Waals surface area contributed by atoms with Crippen molar-refractivity contribution < 1.29 is 4.79 Å². The fourth-order valence-electron chi connectivity index (χ4n) is 1.14. The third-order valence-corrected chi connectivity index (χ3v) is 3.00. The zero-order valence-electron chi connectivity index (χ0n) is 6.35. The van der Waals surface area contributed by atoms with Crippen LogP contribution in [0.3, 0.4) is 0 Å². The molecule has 0 bridgehead atoms. The van der Waals surface area contributed by atoms with Crippen molar-refractivity contribution in [2.75, 3.05) is 0 Å². The van der Waals surface area contributed by atoms with E-state index in [1.54, 1.807) is 17.4 Å². The Hall–Kier alpha value is -0.800. The van der Waals surface area contributed by atoms with E-state index in [-0.39, 0.29) is 0 Å². The van der Waals surface area contributed by atoms with Gasteiger partial charge in [-0.2, -0.15) is 0 Å². The van der Waals surface area contributed by atoms with E-state index >= 15 is 0 Å². The first kappa shape index (κ1) is 7.83. The average molecular weight is 200 g/mol. The number of aromatic amines is 1. The van der Waals surface area contributed by atoms with Crippen molar-refractivity contribution in [1.29, 1.82) is 0 Å². The van der Waals surface area contributed by atoms with Crippen LogP contribution in [0.5, 0.6) is 0 Å². The molecule has 2 heterocycles. The maximum atomic E-state index is 10.8. The summed E-state index contributed by atoms with van der Waals surface area (Å²) in [5.41, 5.74) is 2.64. The third-order valence-electron chi connectivity index (χ3n) is 1.75. The van der Waals surface area contributed by atoms with Gasteiger partial charge in [-0.15, -0.1) is 11.3 Å². The minimum absolute atomic E-state index is 0.433. The second-order valence-corrected chi connectivity index (χ2v) is 3.87. The molecular weight excluding hydrogens is 194 g/mol. The summed E-state index contributed by atoms with van der Waals surface area (Å²) >= 11 is 6.93. The first-order chi connectivity index (χ1) is 5.68. The van der Waals surface area contributed by atoms with E-state index in [1.165, 1.54) is 0 Å². The van der Waals surface area contributed by atoms with E-state index in [2.05, 4.69) is 4.98 Å². The summed E-state index contributed by atoms with van der Waals surface area (Å²) in [5.74, 6) is 0. The number of H-pyrrole nitrogens is 1. The Morgan fingerprint density at radius 3 is 3.00 bits per heavy atom. The Morgan fingerprint density at radius 2 is 2.42 bits per heavy atom. The van der Waals surface area contributed by atoms with Crippen LogP contribution in [0.1, 0.15) is 16.1 Å². The van der Waals surface area contributed by atoms with Crippen molar-refractivity contribution in [3.8, 4) is 0 Å². The van der Waals surface area contributed by atoms with Gasteiger partial charge < -0.3 is 4.98 Å². The second-order valence-electron chi connectivity index (χ2n) is 2.61. The highest BCUT2D eigenvalue weighted by Gasteiger charge is 2.08. The van der Waals surface area contributed by atoms with Crippen molar-refractivity contribution in [3.63, 3.8) is 0 Å². The lowest BCUT2D eigenvalue weighted by Crippen LogP contribution is -1.86. The molecule has 0 fully saturated rings. The molecule has 0 atom stereocenters. The van der Waals surface area contributed by atoms with Crippen LogP contribution in [0.4, 0.5) is 0 Å². The predicted molar refractivity (Wildman–Crippen MR) is 51.1 cm³/mol. The van der Waals surface area contributed by atoms with Crippen molar-refractivity contribution in [1.82, 2.24) is 4.98 Å². The molecule has 1 N–H and O–H groups in total. The number of hydrogen-bond acceptors (Lipinski definition) is 2. The van der Waals surface area contributed by atoms with Gasteiger partial charge in [-0.05, 0) is 35.5 Å². The number of halogens is 1. The molecule has 0 aliphatic rings. The highest BCUT2D eigenvalue weighted by Crippen LogP contribution is 2.26. The summed E-state index contributed by atoms with van der Waals surface area (Å²) in [6, 6.07) is 1.78. The van der Waals surface area contributed by atoms with Gasteiger partial charge in [0.05, 0.1) is 10.2 Å². The van der Waals surface area contributed by atoms with Gasteiger partial charge in [0.1, 0.15) is 5.69 Å². The molecule has 0 aliphatic carbocycles. The fourth-order valence-corrected chi connectivity index (χ4v) is 2.18. The summed E-state index contributed by atoms with van der Waals surface area (Å²) in [6.45, 7) is 2.00. The van der Waals surface area contributed by atoms with E-state index in [9.17, 15) is 4.79 Å². The lowest BCUT2D eigenvalue weighted by atomic mass is 10.3. The van der Waals surface area contributed by atoms with Crippen LogP contribution in [0.25, 0.3) is 10.2 Å². The van der Waals surface area contributed by atoms with Gasteiger partial charge in [-0.1, -0.05) is 0 Å². The highest BCUT2D eigenvalue weighted by molar-refractivity contribution is 7.17. The number of carbonyl (C=O) groups excluding carboxylic acids is 1. The Labute approximate surface area is 78.2 Å². The Morgan fingerprint density at radius 1 is 1.67 bits per heavy atom. The van der Waals surface area contributed by atoms with Crippen LogP contribution < -0.4 is 0 Å². The number of aromatic nitrogens is 1. The minimum Gasteiger partial charge on any atom is -0.350 e. The molecule has 0 aromatic carbocycles. The van der Waals surface area contributed by atoms with Crippen molar-refractivity contribution >= 4 is 38.4 Å². The molecule has 2 nitrogen and oxygen atoms in total. The van der Waals surface area contributed by atoms with E-state index in [4.69, 9.17) is 11.6 Å². The highest BCUT2D eigenvalue weighted by atomic mass is 35.5. The number of rotatable bonds is 1. The summed E-state index contributed by atoms with van der Waals surface area (Å²) in [7, 11) is 0. The van der Waals surface area contributed by atoms with E-state index in [1.807, 2.05) is 12.3 Å². The summed E-state index contributed by atoms with van der Waals surface area (Å²) in [4.78, 5) is 13.7. The van der Waals surface area contributed by atoms with Crippen LogP contribution in [0.15, 0.2) is 11.4 Å². The molecule has 0 aliphatic heterocycles. The summed E-state index contributed by atoms with van der Waals surface area (Å²) in [5, 5.41) is 1.61. The first-order valence-electron chi connectivity index (χ1n) is 3.45. The van der Waals surface area contributed by atoms with Crippen molar-refractivity contribution in [2.24, 2.45) is 0 Å². The second kappa shape index (κ2) is 2.61. The molecule has 0 saturated carbocycles. The molecule has 0 unspecified atom stereocenters. The maximum Gasteiger partial charge on any atom is 0.268 e. The molecule has 0 saturated heterocycles. The van der Waals surface area contributed by atoms with Gasteiger partial charge >= 0.3 is 0 Å². The van der Waals surface area contributed by atoms with E-state index in [0.717, 1.165) is 15.8 Å². The zero-order valence-corrected chi connectivity index (χ0v) is 7.92. The molecule has 0 amide bonds. The number of thiophene rings is 1. The van der Waals surface area contributed by atoms with Gasteiger partial charge in [0.15, 0.2) is 0 Å². The third kappa shape index (κ3) is 1.06. The quantitative estimate of drug-likeness (QED) is 0.704. The fraction of sp³-hybridized carbons (Fsp3) is 0.125. The smallest absolute Gasteiger partial charge is 0.268 e. The van der Waals surface area contributed by atoms with Crippen LogP contribution >= 0.6 is 22.9 Å².